The van der Waals surface area contributed by atoms with Crippen LogP contribution in [-0.4, -0.2) is 59.5 Å². The molecule has 1 N–H and O–H groups in total. The second kappa shape index (κ2) is 5.26. The Morgan fingerprint density at radius 3 is 2.61 bits per heavy atom. The van der Waals surface area contributed by atoms with Gasteiger partial charge < -0.3 is 14.9 Å². The highest BCUT2D eigenvalue weighted by Crippen LogP contribution is 2.25. The van der Waals surface area contributed by atoms with Gasteiger partial charge in [0, 0.05) is 27.1 Å². The lowest BCUT2D eigenvalue weighted by atomic mass is 9.91. The number of nitrogens with zero attached hydrogens (tertiary/aromatic N) is 2. The molecule has 3 unspecified atom stereocenters. The first-order valence-electron chi connectivity index (χ1n) is 6.69. The summed E-state index contributed by atoms with van der Waals surface area (Å²) in [4.78, 5) is 27.0. The Morgan fingerprint density at radius 1 is 1.39 bits per heavy atom. The monoisotopic (exact) mass is 254 g/mol. The quantitative estimate of drug-likeness (QED) is 0.767. The van der Waals surface area contributed by atoms with Gasteiger partial charge in [0.15, 0.2) is 0 Å². The molecular weight excluding hydrogens is 232 g/mol. The summed E-state index contributed by atoms with van der Waals surface area (Å²) in [6.07, 6.45) is 3.61. The van der Waals surface area contributed by atoms with Crippen molar-refractivity contribution >= 4 is 11.8 Å². The number of likely N-dealkylation sites (N-methyl/N-ethyl adjacent to an activating group) is 1. The molecule has 5 heteroatoms. The molecule has 1 heterocycles. The molecule has 2 amide bonds. The summed E-state index contributed by atoms with van der Waals surface area (Å²) in [6, 6.07) is -0.0766. The van der Waals surface area contributed by atoms with Crippen molar-refractivity contribution in [1.29, 1.82) is 0 Å². The van der Waals surface area contributed by atoms with Crippen LogP contribution in [0.25, 0.3) is 0 Å². The Balaban J connectivity index is 1.98. The van der Waals surface area contributed by atoms with Gasteiger partial charge in [0.1, 0.15) is 0 Å². The van der Waals surface area contributed by atoms with E-state index < -0.39 is 6.10 Å². The lowest BCUT2D eigenvalue weighted by molar-refractivity contribution is -0.139. The zero-order chi connectivity index (χ0) is 13.3. The van der Waals surface area contributed by atoms with Crippen LogP contribution in [0.15, 0.2) is 0 Å². The van der Waals surface area contributed by atoms with Crippen LogP contribution in [-0.2, 0) is 9.59 Å². The number of aliphatic hydroxyl groups is 1. The van der Waals surface area contributed by atoms with E-state index in [1.54, 1.807) is 23.9 Å². The minimum Gasteiger partial charge on any atom is -0.391 e. The minimum atomic E-state index is -0.414. The highest BCUT2D eigenvalue weighted by Gasteiger charge is 2.37. The van der Waals surface area contributed by atoms with E-state index in [4.69, 9.17) is 0 Å². The molecule has 2 aliphatic rings. The van der Waals surface area contributed by atoms with E-state index in [0.717, 1.165) is 25.7 Å². The first-order valence-corrected chi connectivity index (χ1v) is 6.69. The second-order valence-corrected chi connectivity index (χ2v) is 5.54. The number of hydrogen-bond acceptors (Lipinski definition) is 3. The Kier molecular flexibility index (Phi) is 3.90. The van der Waals surface area contributed by atoms with Crippen LogP contribution in [0.1, 0.15) is 32.1 Å². The minimum absolute atomic E-state index is 0.00125. The fourth-order valence-electron chi connectivity index (χ4n) is 3.02. The molecule has 1 aliphatic heterocycles. The molecule has 0 aromatic heterocycles. The van der Waals surface area contributed by atoms with Crippen LogP contribution in [0.5, 0.6) is 0 Å². The maximum absolute atomic E-state index is 12.3. The van der Waals surface area contributed by atoms with E-state index in [-0.39, 0.29) is 23.8 Å². The van der Waals surface area contributed by atoms with Gasteiger partial charge in [-0.1, -0.05) is 12.8 Å². The molecule has 0 bridgehead atoms. The summed E-state index contributed by atoms with van der Waals surface area (Å²) in [5, 5.41) is 9.96. The van der Waals surface area contributed by atoms with Crippen LogP contribution in [0.3, 0.4) is 0 Å². The standard InChI is InChI=1S/C13H22N2O3/c1-14-8-9(7-12(14)17)13(18)15(2)10-5-3-4-6-11(10)16/h9-11,16H,3-8H2,1-2H3. The average molecular weight is 254 g/mol. The molecule has 2 rings (SSSR count). The van der Waals surface area contributed by atoms with Crippen LogP contribution in [0.2, 0.25) is 0 Å². The van der Waals surface area contributed by atoms with Crippen LogP contribution < -0.4 is 0 Å². The number of amides is 2. The third-order valence-electron chi connectivity index (χ3n) is 4.23. The second-order valence-electron chi connectivity index (χ2n) is 5.54. The molecule has 0 spiro atoms. The van der Waals surface area contributed by atoms with E-state index in [0.29, 0.717) is 13.0 Å². The predicted octanol–water partition coefficient (Wildman–Crippen LogP) is 0.227. The molecule has 0 radical (unpaired) electrons. The largest absolute Gasteiger partial charge is 0.391 e. The number of rotatable bonds is 2. The summed E-state index contributed by atoms with van der Waals surface area (Å²) >= 11 is 0. The third kappa shape index (κ3) is 2.51. The Bertz CT molecular complexity index is 345. The van der Waals surface area contributed by atoms with Crippen molar-refractivity contribution in [2.45, 2.75) is 44.2 Å². The van der Waals surface area contributed by atoms with E-state index in [1.165, 1.54) is 0 Å². The Morgan fingerprint density at radius 2 is 2.06 bits per heavy atom. The summed E-state index contributed by atoms with van der Waals surface area (Å²) < 4.78 is 0. The van der Waals surface area contributed by atoms with Gasteiger partial charge in [0.05, 0.1) is 18.1 Å². The van der Waals surface area contributed by atoms with Crippen LogP contribution in [0, 0.1) is 5.92 Å². The lowest BCUT2D eigenvalue weighted by Gasteiger charge is -2.36. The summed E-state index contributed by atoms with van der Waals surface area (Å²) in [5.41, 5.74) is 0. The topological polar surface area (TPSA) is 60.9 Å². The average Bonchev–Trinajstić information content (AvgIpc) is 2.68. The van der Waals surface area contributed by atoms with Gasteiger partial charge in [-0.2, -0.15) is 0 Å². The zero-order valence-electron chi connectivity index (χ0n) is 11.1. The first-order chi connectivity index (χ1) is 8.50. The zero-order valence-corrected chi connectivity index (χ0v) is 11.1. The van der Waals surface area contributed by atoms with Crippen molar-refractivity contribution in [1.82, 2.24) is 9.80 Å². The fraction of sp³-hybridized carbons (Fsp3) is 0.846. The molecule has 2 fully saturated rings. The van der Waals surface area contributed by atoms with Crippen LogP contribution >= 0.6 is 0 Å². The third-order valence-corrected chi connectivity index (χ3v) is 4.23. The number of carbonyl (C=O) groups excluding carboxylic acids is 2. The van der Waals surface area contributed by atoms with Gasteiger partial charge in [-0.05, 0) is 12.8 Å². The van der Waals surface area contributed by atoms with Crippen LogP contribution in [0.4, 0.5) is 0 Å². The SMILES string of the molecule is CN1CC(C(=O)N(C)C2CCCCC2O)CC1=O. The maximum Gasteiger partial charge on any atom is 0.228 e. The Labute approximate surface area is 108 Å². The first kappa shape index (κ1) is 13.3. The van der Waals surface area contributed by atoms with E-state index in [9.17, 15) is 14.7 Å². The molecule has 0 aromatic carbocycles. The number of hydrogen-bond donors (Lipinski definition) is 1. The van der Waals surface area contributed by atoms with Gasteiger partial charge in [0.25, 0.3) is 0 Å². The van der Waals surface area contributed by atoms with Crippen molar-refractivity contribution in [2.24, 2.45) is 5.92 Å². The number of likely N-dealkylation sites (tertiary alicyclic amines) is 1. The number of aliphatic hydroxyl groups excluding tert-OH is 1. The lowest BCUT2D eigenvalue weighted by Crippen LogP contribution is -2.48. The molecule has 1 saturated carbocycles. The summed E-state index contributed by atoms with van der Waals surface area (Å²) in [7, 11) is 3.48. The molecule has 102 valence electrons. The van der Waals surface area contributed by atoms with Gasteiger partial charge in [-0.15, -0.1) is 0 Å². The summed E-state index contributed by atoms with van der Waals surface area (Å²) in [5.74, 6) is -0.203. The van der Waals surface area contributed by atoms with Crippen molar-refractivity contribution in [3.05, 3.63) is 0 Å². The fourth-order valence-corrected chi connectivity index (χ4v) is 3.02. The van der Waals surface area contributed by atoms with E-state index in [2.05, 4.69) is 0 Å². The van der Waals surface area contributed by atoms with Crippen molar-refractivity contribution in [3.63, 3.8) is 0 Å². The van der Waals surface area contributed by atoms with Crippen molar-refractivity contribution in [3.8, 4) is 0 Å². The Hall–Kier alpha value is -1.10. The van der Waals surface area contributed by atoms with Gasteiger partial charge in [-0.3, -0.25) is 9.59 Å². The molecule has 0 aromatic rings. The van der Waals surface area contributed by atoms with Crippen molar-refractivity contribution in [2.75, 3.05) is 20.6 Å². The predicted molar refractivity (Wildman–Crippen MR) is 66.8 cm³/mol. The summed E-state index contributed by atoms with van der Waals surface area (Å²) in [6.45, 7) is 0.505. The molecule has 1 saturated heterocycles. The molecular formula is C13H22N2O3. The highest BCUT2D eigenvalue weighted by atomic mass is 16.3. The number of carbonyl (C=O) groups is 2. The molecule has 1 aliphatic carbocycles. The van der Waals surface area contributed by atoms with Gasteiger partial charge in [0.2, 0.25) is 11.8 Å². The smallest absolute Gasteiger partial charge is 0.228 e. The molecule has 5 nitrogen and oxygen atoms in total. The maximum atomic E-state index is 12.3. The van der Waals surface area contributed by atoms with E-state index >= 15 is 0 Å². The van der Waals surface area contributed by atoms with E-state index in [1.807, 2.05) is 0 Å². The van der Waals surface area contributed by atoms with Gasteiger partial charge in [-0.25, -0.2) is 0 Å². The molecule has 3 atom stereocenters. The molecule has 18 heavy (non-hydrogen) atoms. The normalized spacial score (nSPS) is 32.7. The van der Waals surface area contributed by atoms with Gasteiger partial charge >= 0.3 is 0 Å². The van der Waals surface area contributed by atoms with Crippen molar-refractivity contribution < 1.29 is 14.7 Å². The highest BCUT2D eigenvalue weighted by molar-refractivity contribution is 5.89.